The van der Waals surface area contributed by atoms with Crippen molar-refractivity contribution >= 4 is 63.5 Å². The van der Waals surface area contributed by atoms with Crippen LogP contribution in [0.1, 0.15) is 89.7 Å². The molecule has 2 aliphatic rings. The number of azide groups is 1. The van der Waals surface area contributed by atoms with E-state index in [0.29, 0.717) is 72.7 Å². The Morgan fingerprint density at radius 1 is 0.797 bits per heavy atom. The van der Waals surface area contributed by atoms with Gasteiger partial charge in [-0.15, -0.1) is 0 Å². The van der Waals surface area contributed by atoms with Gasteiger partial charge >= 0.3 is 154 Å². The number of amides is 1. The topological polar surface area (TPSA) is 313 Å². The summed E-state index contributed by atoms with van der Waals surface area (Å²) in [6, 6.07) is 7.88. The fourth-order valence-electron chi connectivity index (χ4n) is 7.87. The second kappa shape index (κ2) is 26.8. The van der Waals surface area contributed by atoms with Gasteiger partial charge in [-0.05, 0) is 107 Å². The SMILES string of the molecule is CC1(C)C(/C=C\C=C2/N(CCCS(=O)(=O)[O-])c3ccc(S(=O)(=O)[O-])cc3C2(C)CCCCS(=O)(=O)[O-])=[N+](CCCCCC(=O)NCCCN=[N+]=[N-])c2ccc(S(=O)(=O)[O-])cc21.[K+].[K+].[K+]. The maximum absolute atomic E-state index is 12.3. The normalized spacial score (nSPS) is 17.5. The number of hydrogen-bond donors (Lipinski definition) is 1. The van der Waals surface area contributed by atoms with Gasteiger partial charge in [0.2, 0.25) is 11.6 Å². The van der Waals surface area contributed by atoms with Crippen LogP contribution in [0.2, 0.25) is 0 Å². The van der Waals surface area contributed by atoms with Crippen LogP contribution >= 0.6 is 0 Å². The van der Waals surface area contributed by atoms with Crippen LogP contribution in [0, 0.1) is 0 Å². The molecule has 4 rings (SSSR count). The molecule has 0 spiro atoms. The fourth-order valence-corrected chi connectivity index (χ4v) is 9.91. The molecule has 2 aromatic carbocycles. The van der Waals surface area contributed by atoms with Gasteiger partial charge in [0.15, 0.2) is 5.71 Å². The third kappa shape index (κ3) is 17.8. The molecule has 0 radical (unpaired) electrons. The van der Waals surface area contributed by atoms with Gasteiger partial charge in [-0.3, -0.25) is 4.79 Å². The molecule has 1 amide bonds. The van der Waals surface area contributed by atoms with E-state index in [2.05, 4.69) is 15.3 Å². The third-order valence-corrected chi connectivity index (χ3v) is 14.1. The van der Waals surface area contributed by atoms with E-state index >= 15 is 0 Å². The molecule has 64 heavy (non-hydrogen) atoms. The Balaban J connectivity index is 0.00000683. The van der Waals surface area contributed by atoms with Crippen LogP contribution in [0.15, 0.2) is 75.2 Å². The van der Waals surface area contributed by atoms with Gasteiger partial charge in [-0.2, -0.15) is 4.58 Å². The largest absolute Gasteiger partial charge is 1.00 e. The Kier molecular flexibility index (Phi) is 26.3. The average Bonchev–Trinajstić information content (AvgIpc) is 3.50. The van der Waals surface area contributed by atoms with Crippen LogP contribution in [0.25, 0.3) is 10.4 Å². The standard InChI is InChI=1S/C38H52N6O13S4.3K/c1-37(2)30-26-28(60(52,53)54)15-17-32(30)43(22-7-4-5-14-36(45)40-20-10-21-41-42-39)34(37)12-9-13-35-38(3,19-6-8-24-58(46,47)48)31-27-29(61(55,56)57)16-18-33(31)44(35)23-11-25-59(49,50)51;;;/h9,12-13,15-18,26-27H,4-8,10-11,14,19-25H2,1-3H3,(H4-,40,45,46,47,48,49,50,51,52,53,54,55,56,57);;;/q;3*+1/p-3. The number of nitrogens with one attached hydrogen (secondary N) is 1. The summed E-state index contributed by atoms with van der Waals surface area (Å²) in [5.41, 5.74) is 9.59. The van der Waals surface area contributed by atoms with Crippen LogP contribution < -0.4 is 164 Å². The van der Waals surface area contributed by atoms with Crippen LogP contribution in [-0.2, 0) is 56.1 Å². The zero-order valence-corrected chi connectivity index (χ0v) is 49.6. The molecule has 1 unspecified atom stereocenters. The number of carbonyl (C=O) groups is 1. The Morgan fingerprint density at radius 2 is 1.39 bits per heavy atom. The molecular weight excluding hydrogens is 994 g/mol. The number of benzene rings is 2. The number of hydrogen-bond acceptors (Lipinski definition) is 15. The number of anilines is 1. The molecule has 19 nitrogen and oxygen atoms in total. The minimum Gasteiger partial charge on any atom is -0.748 e. The fraction of sp³-hybridized carbons (Fsp3) is 0.526. The quantitative estimate of drug-likeness (QED) is 0.0208. The van der Waals surface area contributed by atoms with Gasteiger partial charge in [0.05, 0.1) is 35.4 Å². The molecular formula is C38H49K3N6O13S4. The average molecular weight is 1040 g/mol. The van der Waals surface area contributed by atoms with Crippen LogP contribution in [-0.4, -0.2) is 106 Å². The van der Waals surface area contributed by atoms with E-state index < -0.39 is 72.6 Å². The Morgan fingerprint density at radius 3 is 1.98 bits per heavy atom. The van der Waals surface area contributed by atoms with Crippen molar-refractivity contribution in [3.8, 4) is 0 Å². The predicted molar refractivity (Wildman–Crippen MR) is 221 cm³/mol. The molecule has 0 fully saturated rings. The van der Waals surface area contributed by atoms with Crippen molar-refractivity contribution in [2.75, 3.05) is 42.6 Å². The summed E-state index contributed by atoms with van der Waals surface area (Å²) in [6.45, 7) is 6.49. The van der Waals surface area contributed by atoms with Gasteiger partial charge < -0.3 is 28.4 Å². The summed E-state index contributed by atoms with van der Waals surface area (Å²) >= 11 is 0. The van der Waals surface area contributed by atoms with E-state index in [1.54, 1.807) is 36.1 Å². The number of unbranched alkanes of at least 4 members (excludes halogenated alkanes) is 3. The summed E-state index contributed by atoms with van der Waals surface area (Å²) in [5, 5.41) is 6.22. The first-order chi connectivity index (χ1) is 28.3. The van der Waals surface area contributed by atoms with Crippen molar-refractivity contribution in [3.63, 3.8) is 0 Å². The number of fused-ring (bicyclic) bond motifs is 2. The Bertz CT molecular complexity index is 2600. The summed E-state index contributed by atoms with van der Waals surface area (Å²) in [4.78, 5) is 15.8. The van der Waals surface area contributed by atoms with Gasteiger partial charge in [-0.25, -0.2) is 33.7 Å². The zero-order valence-electron chi connectivity index (χ0n) is 37.0. The van der Waals surface area contributed by atoms with Gasteiger partial charge in [0, 0.05) is 83.4 Å². The number of nitrogens with zero attached hydrogens (tertiary/aromatic N) is 5. The van der Waals surface area contributed by atoms with Crippen molar-refractivity contribution in [1.29, 1.82) is 0 Å². The molecule has 0 bridgehead atoms. The first-order valence-corrected chi connectivity index (χ1v) is 25.4. The summed E-state index contributed by atoms with van der Waals surface area (Å²) in [5.74, 6) is -1.51. The van der Waals surface area contributed by atoms with Crippen molar-refractivity contribution < 1.29 is 215 Å². The molecule has 336 valence electrons. The molecule has 2 aliphatic heterocycles. The third-order valence-electron chi connectivity index (χ3n) is 10.9. The first kappa shape index (κ1) is 62.7. The summed E-state index contributed by atoms with van der Waals surface area (Å²) < 4.78 is 144. The minimum atomic E-state index is -4.94. The zero-order chi connectivity index (χ0) is 45.4. The van der Waals surface area contributed by atoms with Crippen molar-refractivity contribution in [3.05, 3.63) is 81.9 Å². The van der Waals surface area contributed by atoms with Crippen LogP contribution in [0.3, 0.4) is 0 Å². The first-order valence-electron chi connectivity index (χ1n) is 19.5. The predicted octanol–water partition coefficient (Wildman–Crippen LogP) is -4.87. The Labute approximate surface area is 504 Å². The van der Waals surface area contributed by atoms with Gasteiger partial charge in [0.1, 0.15) is 26.8 Å². The molecule has 2 heterocycles. The van der Waals surface area contributed by atoms with Crippen LogP contribution in [0.5, 0.6) is 0 Å². The Hall–Kier alpha value is 0.719. The second-order valence-electron chi connectivity index (χ2n) is 15.6. The van der Waals surface area contributed by atoms with E-state index in [0.717, 1.165) is 6.07 Å². The van der Waals surface area contributed by atoms with Crippen molar-refractivity contribution in [2.45, 2.75) is 99.2 Å². The number of allylic oxidation sites excluding steroid dienone is 4. The maximum Gasteiger partial charge on any atom is 1.00 e. The van der Waals surface area contributed by atoms with Gasteiger partial charge in [-0.1, -0.05) is 17.6 Å². The molecule has 26 heteroatoms. The molecule has 1 N–H and O–H groups in total. The molecule has 0 saturated carbocycles. The van der Waals surface area contributed by atoms with E-state index in [4.69, 9.17) is 5.53 Å². The smallest absolute Gasteiger partial charge is 0.748 e. The second-order valence-corrected chi connectivity index (χ2v) is 21.4. The van der Waals surface area contributed by atoms with E-state index in [1.165, 1.54) is 24.3 Å². The number of rotatable bonds is 23. The van der Waals surface area contributed by atoms with Crippen molar-refractivity contribution in [1.82, 2.24) is 5.32 Å². The molecule has 0 aliphatic carbocycles. The maximum atomic E-state index is 12.3. The summed E-state index contributed by atoms with van der Waals surface area (Å²) in [7, 11) is -18.9. The van der Waals surface area contributed by atoms with Crippen LogP contribution in [0.4, 0.5) is 11.4 Å². The van der Waals surface area contributed by atoms with E-state index in [9.17, 15) is 56.7 Å². The molecule has 2 aromatic rings. The van der Waals surface area contributed by atoms with Gasteiger partial charge in [0.25, 0.3) is 0 Å². The molecule has 1 atom stereocenters. The minimum absolute atomic E-state index is 0. The molecule has 0 saturated heterocycles. The van der Waals surface area contributed by atoms with Crippen molar-refractivity contribution in [2.24, 2.45) is 5.11 Å². The number of carbonyl (C=O) groups excluding carboxylic acids is 1. The van der Waals surface area contributed by atoms with E-state index in [-0.39, 0.29) is 205 Å². The monoisotopic (exact) mass is 1040 g/mol. The summed E-state index contributed by atoms with van der Waals surface area (Å²) in [6.07, 6.45) is 7.94. The molecule has 0 aromatic heterocycles. The van der Waals surface area contributed by atoms with E-state index in [1.807, 2.05) is 18.4 Å².